The van der Waals surface area contributed by atoms with Crippen LogP contribution in [0.4, 0.5) is 13.2 Å². The molecule has 1 unspecified atom stereocenters. The Kier molecular flexibility index (Phi) is 11.2. The molecule has 7 nitrogen and oxygen atoms in total. The fourth-order valence-electron chi connectivity index (χ4n) is 4.52. The Morgan fingerprint density at radius 1 is 0.907 bits per heavy atom. The van der Waals surface area contributed by atoms with Crippen LogP contribution in [-0.2, 0) is 41.9 Å². The maximum Gasteiger partial charge on any atom is 0.475 e. The summed E-state index contributed by atoms with van der Waals surface area (Å²) in [5.41, 5.74) is -0.729. The summed E-state index contributed by atoms with van der Waals surface area (Å²) in [5.74, 6) is 0.216. The SMILES string of the molecule is CC1=NC(CCc2ccc(OCCCc3ccc(C)cc3)c(C(F)(F)F)c2)(COP(=O)(OC(C)(C)C)OC(C)(C)C)CO1. The minimum atomic E-state index is -4.59. The standard InChI is InChI=1S/C32H45F3NO6P/c1-23-11-13-25(14-12-23)10-9-19-38-28-16-15-26(20-27(28)32(33,34)35)17-18-31(21-39-24(2)36-31)22-40-43(37,41-29(3,4)5)42-30(6,7)8/h11-16,20H,9-10,17-19,21-22H2,1-8H3. The van der Waals surface area contributed by atoms with E-state index in [2.05, 4.69) is 4.99 Å². The molecule has 1 heterocycles. The summed E-state index contributed by atoms with van der Waals surface area (Å²) >= 11 is 0. The van der Waals surface area contributed by atoms with E-state index in [1.165, 1.54) is 6.07 Å². The Morgan fingerprint density at radius 2 is 1.51 bits per heavy atom. The number of ether oxygens (including phenoxy) is 2. The van der Waals surface area contributed by atoms with E-state index >= 15 is 0 Å². The average Bonchev–Trinajstić information content (AvgIpc) is 3.24. The highest BCUT2D eigenvalue weighted by Gasteiger charge is 2.43. The number of hydrogen-bond acceptors (Lipinski definition) is 7. The lowest BCUT2D eigenvalue weighted by Crippen LogP contribution is -2.36. The van der Waals surface area contributed by atoms with Crippen molar-refractivity contribution in [3.63, 3.8) is 0 Å². The first-order chi connectivity index (χ1) is 19.8. The molecule has 1 aliphatic heterocycles. The minimum absolute atomic E-state index is 0.123. The summed E-state index contributed by atoms with van der Waals surface area (Å²) in [5, 5.41) is 0. The highest BCUT2D eigenvalue weighted by molar-refractivity contribution is 7.48. The highest BCUT2D eigenvalue weighted by Crippen LogP contribution is 2.56. The monoisotopic (exact) mass is 627 g/mol. The average molecular weight is 628 g/mol. The normalized spacial score (nSPS) is 18.0. The number of phosphoric ester groups is 1. The summed E-state index contributed by atoms with van der Waals surface area (Å²) in [6.07, 6.45) is -2.77. The molecule has 0 bridgehead atoms. The summed E-state index contributed by atoms with van der Waals surface area (Å²) in [7, 11) is -4.04. The van der Waals surface area contributed by atoms with Crippen LogP contribution in [0.15, 0.2) is 47.5 Å². The van der Waals surface area contributed by atoms with E-state index in [1.54, 1.807) is 54.5 Å². The van der Waals surface area contributed by atoms with Gasteiger partial charge in [-0.2, -0.15) is 13.2 Å². The number of rotatable bonds is 13. The van der Waals surface area contributed by atoms with Gasteiger partial charge in [-0.1, -0.05) is 35.9 Å². The van der Waals surface area contributed by atoms with Crippen molar-refractivity contribution >= 4 is 13.7 Å². The molecule has 0 saturated heterocycles. The molecular formula is C32H45F3NO6P. The zero-order valence-electron chi connectivity index (χ0n) is 26.5. The van der Waals surface area contributed by atoms with Crippen LogP contribution >= 0.6 is 7.82 Å². The highest BCUT2D eigenvalue weighted by atomic mass is 31.2. The van der Waals surface area contributed by atoms with Crippen LogP contribution in [0.3, 0.4) is 0 Å². The molecule has 0 aliphatic carbocycles. The summed E-state index contributed by atoms with van der Waals surface area (Å²) in [4.78, 5) is 4.59. The number of benzene rings is 2. The number of aryl methyl sites for hydroxylation is 3. The number of phosphoric acid groups is 1. The molecule has 1 atom stereocenters. The second kappa shape index (κ2) is 13.7. The largest absolute Gasteiger partial charge is 0.493 e. The zero-order chi connectivity index (χ0) is 32.1. The van der Waals surface area contributed by atoms with Crippen molar-refractivity contribution in [1.29, 1.82) is 0 Å². The maximum absolute atomic E-state index is 14.0. The van der Waals surface area contributed by atoms with Gasteiger partial charge in [0.1, 0.15) is 17.9 Å². The molecule has 0 N–H and O–H groups in total. The third-order valence-corrected chi connectivity index (χ3v) is 8.41. The molecular weight excluding hydrogens is 582 g/mol. The van der Waals surface area contributed by atoms with Gasteiger partial charge in [-0.05, 0) is 97.4 Å². The molecule has 43 heavy (non-hydrogen) atoms. The van der Waals surface area contributed by atoms with Crippen molar-refractivity contribution in [2.75, 3.05) is 19.8 Å². The van der Waals surface area contributed by atoms with E-state index in [1.807, 2.05) is 31.2 Å². The summed E-state index contributed by atoms with van der Waals surface area (Å²) in [6.45, 7) is 14.2. The fraction of sp³-hybridized carbons (Fsp3) is 0.594. The van der Waals surface area contributed by atoms with Crippen LogP contribution in [0.1, 0.15) is 83.6 Å². The van der Waals surface area contributed by atoms with Gasteiger partial charge in [0.2, 0.25) is 0 Å². The van der Waals surface area contributed by atoms with E-state index < -0.39 is 36.3 Å². The Morgan fingerprint density at radius 3 is 2.05 bits per heavy atom. The Balaban J connectivity index is 1.71. The van der Waals surface area contributed by atoms with E-state index in [4.69, 9.17) is 23.0 Å². The maximum atomic E-state index is 14.0. The molecule has 0 amide bonds. The quantitative estimate of drug-likeness (QED) is 0.163. The molecule has 2 aromatic carbocycles. The van der Waals surface area contributed by atoms with E-state index in [9.17, 15) is 17.7 Å². The second-order valence-electron chi connectivity index (χ2n) is 13.0. The molecule has 0 aromatic heterocycles. The predicted octanol–water partition coefficient (Wildman–Crippen LogP) is 8.90. The summed E-state index contributed by atoms with van der Waals surface area (Å²) < 4.78 is 84.1. The van der Waals surface area contributed by atoms with Crippen LogP contribution in [0.25, 0.3) is 0 Å². The van der Waals surface area contributed by atoms with Gasteiger partial charge < -0.3 is 9.47 Å². The Labute approximate surface area is 253 Å². The number of aliphatic imine (C=N–C) groups is 1. The van der Waals surface area contributed by atoms with Gasteiger partial charge in [-0.3, -0.25) is 13.6 Å². The molecule has 1 aliphatic rings. The first-order valence-corrected chi connectivity index (χ1v) is 16.0. The molecule has 11 heteroatoms. The fourth-order valence-corrected chi connectivity index (χ4v) is 6.41. The number of halogens is 3. The predicted molar refractivity (Wildman–Crippen MR) is 162 cm³/mol. The molecule has 3 rings (SSSR count). The number of nitrogens with zero attached hydrogens (tertiary/aromatic N) is 1. The summed E-state index contributed by atoms with van der Waals surface area (Å²) in [6, 6.07) is 12.2. The van der Waals surface area contributed by atoms with Crippen LogP contribution in [0.5, 0.6) is 5.75 Å². The van der Waals surface area contributed by atoms with E-state index in [-0.39, 0.29) is 38.4 Å². The van der Waals surface area contributed by atoms with Gasteiger partial charge in [0.15, 0.2) is 5.90 Å². The molecule has 240 valence electrons. The van der Waals surface area contributed by atoms with Crippen LogP contribution in [0.2, 0.25) is 0 Å². The number of alkyl halides is 3. The first-order valence-electron chi connectivity index (χ1n) is 14.5. The van der Waals surface area contributed by atoms with Crippen molar-refractivity contribution < 1.29 is 40.8 Å². The lowest BCUT2D eigenvalue weighted by molar-refractivity contribution is -0.139. The topological polar surface area (TPSA) is 75.6 Å². The molecule has 0 fully saturated rings. The van der Waals surface area contributed by atoms with Crippen LogP contribution in [0, 0.1) is 6.92 Å². The van der Waals surface area contributed by atoms with Crippen LogP contribution in [-0.4, -0.2) is 42.5 Å². The first kappa shape index (κ1) is 35.1. The smallest absolute Gasteiger partial charge is 0.475 e. The third kappa shape index (κ3) is 11.6. The van der Waals surface area contributed by atoms with Crippen molar-refractivity contribution in [3.05, 3.63) is 64.7 Å². The van der Waals surface area contributed by atoms with E-state index in [0.29, 0.717) is 24.3 Å². The molecule has 2 aromatic rings. The van der Waals surface area contributed by atoms with Crippen molar-refractivity contribution in [2.45, 2.75) is 104 Å². The zero-order valence-corrected chi connectivity index (χ0v) is 27.4. The van der Waals surface area contributed by atoms with E-state index in [0.717, 1.165) is 17.2 Å². The van der Waals surface area contributed by atoms with Crippen molar-refractivity contribution in [2.24, 2.45) is 4.99 Å². The van der Waals surface area contributed by atoms with Gasteiger partial charge in [-0.15, -0.1) is 0 Å². The van der Waals surface area contributed by atoms with Gasteiger partial charge in [0, 0.05) is 6.92 Å². The van der Waals surface area contributed by atoms with Crippen molar-refractivity contribution in [3.8, 4) is 5.75 Å². The minimum Gasteiger partial charge on any atom is -0.493 e. The van der Waals surface area contributed by atoms with Gasteiger partial charge in [0.05, 0.1) is 30.0 Å². The van der Waals surface area contributed by atoms with Crippen LogP contribution < -0.4 is 4.74 Å². The molecule has 0 radical (unpaired) electrons. The number of hydrogen-bond donors (Lipinski definition) is 0. The second-order valence-corrected chi connectivity index (χ2v) is 14.6. The lowest BCUT2D eigenvalue weighted by atomic mass is 9.93. The van der Waals surface area contributed by atoms with Gasteiger partial charge in [0.25, 0.3) is 0 Å². The Hall–Kier alpha value is -2.39. The van der Waals surface area contributed by atoms with Gasteiger partial charge >= 0.3 is 14.0 Å². The van der Waals surface area contributed by atoms with Crippen molar-refractivity contribution in [1.82, 2.24) is 0 Å². The molecule has 0 spiro atoms. The molecule has 0 saturated carbocycles. The lowest BCUT2D eigenvalue weighted by Gasteiger charge is -2.33. The third-order valence-electron chi connectivity index (χ3n) is 6.42. The van der Waals surface area contributed by atoms with Gasteiger partial charge in [-0.25, -0.2) is 9.56 Å². The Bertz CT molecular complexity index is 1280.